The first-order valence-corrected chi connectivity index (χ1v) is 14.7. The van der Waals surface area contributed by atoms with Gasteiger partial charge in [0.15, 0.2) is 0 Å². The Morgan fingerprint density at radius 2 is 1.09 bits per heavy atom. The lowest BCUT2D eigenvalue weighted by atomic mass is 9.78. The second-order valence-corrected chi connectivity index (χ2v) is 12.4. The summed E-state index contributed by atoms with van der Waals surface area (Å²) >= 11 is 0. The van der Waals surface area contributed by atoms with Gasteiger partial charge in [-0.25, -0.2) is 9.97 Å². The van der Waals surface area contributed by atoms with Gasteiger partial charge < -0.3 is 9.31 Å². The molecule has 0 spiro atoms. The normalized spacial score (nSPS) is 16.0. The number of rotatable bonds is 3. The molecule has 8 rings (SSSR count). The highest BCUT2D eigenvalue weighted by Crippen LogP contribution is 2.37. The van der Waals surface area contributed by atoms with E-state index in [2.05, 4.69) is 130 Å². The molecule has 4 heterocycles. The summed E-state index contributed by atoms with van der Waals surface area (Å²) in [6.07, 6.45) is 1.83. The fourth-order valence-corrected chi connectivity index (χ4v) is 5.87. The summed E-state index contributed by atoms with van der Waals surface area (Å²) in [6, 6.07) is 36.0. The van der Waals surface area contributed by atoms with Crippen LogP contribution < -0.4 is 5.46 Å². The van der Waals surface area contributed by atoms with Crippen molar-refractivity contribution in [1.29, 1.82) is 0 Å². The van der Waals surface area contributed by atoms with Crippen molar-refractivity contribution >= 4 is 56.1 Å². The van der Waals surface area contributed by atoms with E-state index in [0.29, 0.717) is 0 Å². The molecule has 1 aliphatic rings. The molecule has 1 aliphatic heterocycles. The molecule has 7 aromatic rings. The Morgan fingerprint density at radius 3 is 1.79 bits per heavy atom. The number of fused-ring (bicyclic) bond motifs is 5. The summed E-state index contributed by atoms with van der Waals surface area (Å²) < 4.78 is 12.6. The lowest BCUT2D eigenvalue weighted by Gasteiger charge is -2.32. The molecule has 1 saturated heterocycles. The molecule has 0 amide bonds. The number of benzene rings is 4. The van der Waals surface area contributed by atoms with Crippen molar-refractivity contribution in [2.45, 2.75) is 38.9 Å². The molecular formula is C37H30BN3O2. The maximum atomic E-state index is 6.29. The molecule has 4 aromatic carbocycles. The Labute approximate surface area is 250 Å². The molecule has 208 valence electrons. The number of pyridine rings is 3. The van der Waals surface area contributed by atoms with Gasteiger partial charge in [-0.1, -0.05) is 66.7 Å². The smallest absolute Gasteiger partial charge is 0.399 e. The van der Waals surface area contributed by atoms with Gasteiger partial charge in [0.2, 0.25) is 0 Å². The zero-order chi connectivity index (χ0) is 29.3. The van der Waals surface area contributed by atoms with E-state index in [0.717, 1.165) is 71.5 Å². The van der Waals surface area contributed by atoms with E-state index >= 15 is 0 Å². The molecule has 1 fully saturated rings. The molecule has 0 aliphatic carbocycles. The molecule has 6 heteroatoms. The van der Waals surface area contributed by atoms with Crippen molar-refractivity contribution in [2.24, 2.45) is 0 Å². The highest BCUT2D eigenvalue weighted by Gasteiger charge is 2.51. The fraction of sp³-hybridized carbons (Fsp3) is 0.162. The fourth-order valence-electron chi connectivity index (χ4n) is 5.87. The molecule has 0 unspecified atom stereocenters. The summed E-state index contributed by atoms with van der Waals surface area (Å²) in [4.78, 5) is 14.7. The highest BCUT2D eigenvalue weighted by molar-refractivity contribution is 6.62. The topological polar surface area (TPSA) is 57.1 Å². The largest absolute Gasteiger partial charge is 0.494 e. The third-order valence-corrected chi connectivity index (χ3v) is 9.11. The minimum atomic E-state index is -0.415. The van der Waals surface area contributed by atoms with Crippen LogP contribution in [0.3, 0.4) is 0 Å². The minimum Gasteiger partial charge on any atom is -0.399 e. The SMILES string of the molecule is CC1(C)OB(c2ccc3ccc(-c4ccc5cc(-c6ccc7ccc8cccnc8c7n6)ccc5c4)nc3c2)OC1(C)C. The van der Waals surface area contributed by atoms with Crippen LogP contribution in [0.1, 0.15) is 27.7 Å². The van der Waals surface area contributed by atoms with Crippen LogP contribution in [0.4, 0.5) is 0 Å². The first-order chi connectivity index (χ1) is 20.7. The van der Waals surface area contributed by atoms with E-state index in [4.69, 9.17) is 19.3 Å². The maximum Gasteiger partial charge on any atom is 0.494 e. The van der Waals surface area contributed by atoms with Crippen molar-refractivity contribution < 1.29 is 9.31 Å². The quantitative estimate of drug-likeness (QED) is 0.162. The van der Waals surface area contributed by atoms with Crippen molar-refractivity contribution in [3.63, 3.8) is 0 Å². The summed E-state index contributed by atoms with van der Waals surface area (Å²) in [7, 11) is -0.415. The van der Waals surface area contributed by atoms with Crippen LogP contribution in [0, 0.1) is 0 Å². The van der Waals surface area contributed by atoms with Crippen LogP contribution in [0.5, 0.6) is 0 Å². The average Bonchev–Trinajstić information content (AvgIpc) is 3.25. The number of nitrogens with zero attached hydrogens (tertiary/aromatic N) is 3. The van der Waals surface area contributed by atoms with Crippen LogP contribution >= 0.6 is 0 Å². The summed E-state index contributed by atoms with van der Waals surface area (Å²) in [5.74, 6) is 0. The van der Waals surface area contributed by atoms with Crippen molar-refractivity contribution in [3.8, 4) is 22.5 Å². The van der Waals surface area contributed by atoms with E-state index in [-0.39, 0.29) is 11.2 Å². The van der Waals surface area contributed by atoms with Crippen LogP contribution in [0.15, 0.2) is 109 Å². The summed E-state index contributed by atoms with van der Waals surface area (Å²) in [5.41, 5.74) is 7.00. The van der Waals surface area contributed by atoms with Crippen LogP contribution in [-0.4, -0.2) is 33.3 Å². The zero-order valence-corrected chi connectivity index (χ0v) is 24.6. The molecule has 3 aromatic heterocycles. The van der Waals surface area contributed by atoms with Gasteiger partial charge in [-0.2, -0.15) is 0 Å². The van der Waals surface area contributed by atoms with Crippen LogP contribution in [0.25, 0.3) is 66.0 Å². The number of aromatic nitrogens is 3. The Morgan fingerprint density at radius 1 is 0.535 bits per heavy atom. The van der Waals surface area contributed by atoms with Crippen LogP contribution in [0.2, 0.25) is 0 Å². The Hall–Kier alpha value is -4.65. The third-order valence-electron chi connectivity index (χ3n) is 9.11. The van der Waals surface area contributed by atoms with Crippen molar-refractivity contribution in [3.05, 3.63) is 109 Å². The molecule has 5 nitrogen and oxygen atoms in total. The van der Waals surface area contributed by atoms with Gasteiger partial charge in [-0.15, -0.1) is 0 Å². The Balaban J connectivity index is 1.13. The standard InChI is InChI=1S/C37H30BN3O2/c1-36(2)37(3,4)43-38(42-36)30-16-13-23-14-17-31(40-33(23)22-30)28-11-9-27-21-29(12-10-26(27)20-28)32-18-15-25-8-7-24-6-5-19-39-34(24)35(25)41-32/h5-22H,1-4H3. The van der Waals surface area contributed by atoms with Crippen molar-refractivity contribution in [1.82, 2.24) is 15.0 Å². The monoisotopic (exact) mass is 559 g/mol. The highest BCUT2D eigenvalue weighted by atomic mass is 16.7. The molecule has 0 saturated carbocycles. The van der Waals surface area contributed by atoms with Gasteiger partial charge in [-0.3, -0.25) is 4.98 Å². The second-order valence-electron chi connectivity index (χ2n) is 12.4. The number of hydrogen-bond donors (Lipinski definition) is 0. The molecule has 43 heavy (non-hydrogen) atoms. The first kappa shape index (κ1) is 26.0. The second kappa shape index (κ2) is 9.43. The van der Waals surface area contributed by atoms with Gasteiger partial charge in [0, 0.05) is 33.5 Å². The van der Waals surface area contributed by atoms with Gasteiger partial charge in [-0.05, 0) is 80.3 Å². The molecule has 0 atom stereocenters. The Bertz CT molecular complexity index is 2210. The van der Waals surface area contributed by atoms with Crippen molar-refractivity contribution in [2.75, 3.05) is 0 Å². The van der Waals surface area contributed by atoms with E-state index in [1.807, 2.05) is 12.3 Å². The van der Waals surface area contributed by atoms with E-state index < -0.39 is 7.12 Å². The molecule has 0 N–H and O–H groups in total. The van der Waals surface area contributed by atoms with E-state index in [1.165, 1.54) is 0 Å². The minimum absolute atomic E-state index is 0.386. The average molecular weight is 559 g/mol. The summed E-state index contributed by atoms with van der Waals surface area (Å²) in [6.45, 7) is 8.30. The maximum absolute atomic E-state index is 6.29. The van der Waals surface area contributed by atoms with Gasteiger partial charge in [0.25, 0.3) is 0 Å². The molecule has 0 bridgehead atoms. The third kappa shape index (κ3) is 4.37. The van der Waals surface area contributed by atoms with E-state index in [1.54, 1.807) is 0 Å². The van der Waals surface area contributed by atoms with E-state index in [9.17, 15) is 0 Å². The Kier molecular flexibility index (Phi) is 5.71. The first-order valence-electron chi connectivity index (χ1n) is 14.7. The molecule has 0 radical (unpaired) electrons. The predicted molar refractivity (Wildman–Crippen MR) is 176 cm³/mol. The molecular weight excluding hydrogens is 529 g/mol. The van der Waals surface area contributed by atoms with Gasteiger partial charge in [0.1, 0.15) is 0 Å². The predicted octanol–water partition coefficient (Wildman–Crippen LogP) is 8.12. The van der Waals surface area contributed by atoms with Crippen LogP contribution in [-0.2, 0) is 9.31 Å². The number of hydrogen-bond acceptors (Lipinski definition) is 5. The van der Waals surface area contributed by atoms with Gasteiger partial charge >= 0.3 is 7.12 Å². The summed E-state index contributed by atoms with van der Waals surface area (Å²) in [5, 5.41) is 5.58. The lowest BCUT2D eigenvalue weighted by Crippen LogP contribution is -2.41. The van der Waals surface area contributed by atoms with Gasteiger partial charge in [0.05, 0.1) is 39.1 Å². The zero-order valence-electron chi connectivity index (χ0n) is 24.6. The lowest BCUT2D eigenvalue weighted by molar-refractivity contribution is 0.00578.